The fraction of sp³-hybridized carbons (Fsp3) is 0.333. The minimum Gasteiger partial charge on any atom is -0.364 e. The van der Waals surface area contributed by atoms with Gasteiger partial charge in [-0.25, -0.2) is 0 Å². The van der Waals surface area contributed by atoms with Crippen molar-refractivity contribution in [2.75, 3.05) is 13.1 Å². The number of nitrogens with one attached hydrogen (secondary N) is 1. The number of aromatic nitrogens is 2. The summed E-state index contributed by atoms with van der Waals surface area (Å²) in [6.07, 6.45) is 5.03. The van der Waals surface area contributed by atoms with Crippen LogP contribution in [0.4, 0.5) is 0 Å². The highest BCUT2D eigenvalue weighted by molar-refractivity contribution is 5.96. The van der Waals surface area contributed by atoms with Gasteiger partial charge in [0.2, 0.25) is 0 Å². The van der Waals surface area contributed by atoms with Crippen molar-refractivity contribution in [3.05, 3.63) is 87.2 Å². The fourth-order valence-electron chi connectivity index (χ4n) is 3.99. The van der Waals surface area contributed by atoms with Crippen LogP contribution in [0.2, 0.25) is 0 Å². The molecule has 166 valence electrons. The molecule has 3 heterocycles. The minimum atomic E-state index is -0.349. The van der Waals surface area contributed by atoms with Crippen LogP contribution in [0.3, 0.4) is 0 Å². The maximum absolute atomic E-state index is 13.3. The summed E-state index contributed by atoms with van der Waals surface area (Å²) in [5.74, 6) is -0.582. The molecule has 1 aromatic carbocycles. The number of fused-ring (bicyclic) bond motifs is 1. The molecule has 8 heteroatoms. The normalized spacial score (nSPS) is 13.0. The first-order valence-electron chi connectivity index (χ1n) is 10.9. The third-order valence-corrected chi connectivity index (χ3v) is 5.66. The lowest BCUT2D eigenvalue weighted by molar-refractivity contribution is 0.0723. The van der Waals surface area contributed by atoms with Gasteiger partial charge in [0.05, 0.1) is 0 Å². The summed E-state index contributed by atoms with van der Waals surface area (Å²) in [6, 6.07) is 11.4. The zero-order chi connectivity index (χ0) is 22.5. The summed E-state index contributed by atoms with van der Waals surface area (Å²) in [7, 11) is 0. The third kappa shape index (κ3) is 4.49. The quantitative estimate of drug-likeness (QED) is 0.616. The summed E-state index contributed by atoms with van der Waals surface area (Å²) >= 11 is 0. The van der Waals surface area contributed by atoms with E-state index in [0.717, 1.165) is 23.1 Å². The number of benzene rings is 1. The summed E-state index contributed by atoms with van der Waals surface area (Å²) in [5, 5.41) is 6.58. The zero-order valence-corrected chi connectivity index (χ0v) is 18.0. The van der Waals surface area contributed by atoms with Crippen molar-refractivity contribution in [2.24, 2.45) is 0 Å². The molecule has 8 nitrogen and oxygen atoms in total. The van der Waals surface area contributed by atoms with Crippen LogP contribution in [-0.2, 0) is 25.9 Å². The predicted octanol–water partition coefficient (Wildman–Crippen LogP) is 2.42. The number of amides is 2. The topological polar surface area (TPSA) is 97.4 Å². The van der Waals surface area contributed by atoms with Crippen LogP contribution in [0.25, 0.3) is 0 Å². The molecule has 0 atom stereocenters. The van der Waals surface area contributed by atoms with Crippen LogP contribution < -0.4 is 10.9 Å². The van der Waals surface area contributed by atoms with Gasteiger partial charge in [0.15, 0.2) is 5.69 Å². The monoisotopic (exact) mass is 434 g/mol. The summed E-state index contributed by atoms with van der Waals surface area (Å²) in [5.41, 5.74) is 2.79. The lowest BCUT2D eigenvalue weighted by Gasteiger charge is -2.30. The molecule has 0 fully saturated rings. The van der Waals surface area contributed by atoms with Gasteiger partial charge in [-0.05, 0) is 36.0 Å². The summed E-state index contributed by atoms with van der Waals surface area (Å²) in [6.45, 7) is 3.62. The second-order valence-electron chi connectivity index (χ2n) is 7.86. The lowest BCUT2D eigenvalue weighted by atomic mass is 9.95. The van der Waals surface area contributed by atoms with Gasteiger partial charge < -0.3 is 19.3 Å². The Balaban J connectivity index is 1.67. The molecule has 0 spiro atoms. The van der Waals surface area contributed by atoms with Crippen molar-refractivity contribution in [3.8, 4) is 0 Å². The molecule has 0 saturated heterocycles. The van der Waals surface area contributed by atoms with E-state index in [1.54, 1.807) is 15.7 Å². The molecule has 0 aliphatic carbocycles. The number of pyridine rings is 1. The second kappa shape index (κ2) is 9.64. The molecule has 3 aromatic rings. The molecule has 0 bridgehead atoms. The molecule has 2 amide bonds. The molecule has 1 N–H and O–H groups in total. The maximum Gasteiger partial charge on any atom is 0.276 e. The maximum atomic E-state index is 13.3. The summed E-state index contributed by atoms with van der Waals surface area (Å²) < 4.78 is 6.39. The van der Waals surface area contributed by atoms with Crippen LogP contribution in [0, 0.1) is 0 Å². The van der Waals surface area contributed by atoms with Crippen molar-refractivity contribution in [1.29, 1.82) is 0 Å². The number of nitrogens with zero attached hydrogens (tertiary/aromatic N) is 3. The van der Waals surface area contributed by atoms with Crippen molar-refractivity contribution < 1.29 is 14.1 Å². The molecule has 0 unspecified atom stereocenters. The van der Waals surface area contributed by atoms with Crippen molar-refractivity contribution >= 4 is 11.8 Å². The van der Waals surface area contributed by atoms with Gasteiger partial charge in [0.25, 0.3) is 17.4 Å². The van der Waals surface area contributed by atoms with Gasteiger partial charge in [-0.1, -0.05) is 42.4 Å². The van der Waals surface area contributed by atoms with E-state index in [1.165, 1.54) is 12.3 Å². The largest absolute Gasteiger partial charge is 0.364 e. The van der Waals surface area contributed by atoms with Gasteiger partial charge in [-0.2, -0.15) is 0 Å². The highest BCUT2D eigenvalue weighted by atomic mass is 16.5. The Hall–Kier alpha value is -3.68. The standard InChI is InChI=1S/C24H26N4O4/c1-2-11-25-22(29)21-19-9-13-27(23(30)20-10-14-32-26-20)15-18(19)16-28(24(21)31)12-8-17-6-4-3-5-7-17/h3-7,10,14,16H,2,8-9,11-13,15H2,1H3,(H,25,29). The molecule has 0 saturated carbocycles. The Kier molecular flexibility index (Phi) is 6.49. The molecule has 2 aromatic heterocycles. The molecular weight excluding hydrogens is 408 g/mol. The van der Waals surface area contributed by atoms with Crippen molar-refractivity contribution in [3.63, 3.8) is 0 Å². The Morgan fingerprint density at radius 3 is 2.72 bits per heavy atom. The van der Waals surface area contributed by atoms with Gasteiger partial charge >= 0.3 is 0 Å². The number of aryl methyl sites for hydroxylation is 2. The average molecular weight is 434 g/mol. The predicted molar refractivity (Wildman–Crippen MR) is 118 cm³/mol. The van der Waals surface area contributed by atoms with Crippen LogP contribution in [0.15, 0.2) is 58.2 Å². The van der Waals surface area contributed by atoms with Gasteiger partial charge in [-0.15, -0.1) is 0 Å². The molecule has 1 aliphatic heterocycles. The summed E-state index contributed by atoms with van der Waals surface area (Å²) in [4.78, 5) is 40.6. The minimum absolute atomic E-state index is 0.192. The van der Waals surface area contributed by atoms with E-state index >= 15 is 0 Å². The molecule has 4 rings (SSSR count). The van der Waals surface area contributed by atoms with Gasteiger partial charge in [0, 0.05) is 38.4 Å². The van der Waals surface area contributed by atoms with Crippen LogP contribution in [0.1, 0.15) is 50.9 Å². The van der Waals surface area contributed by atoms with Gasteiger partial charge in [-0.3, -0.25) is 14.4 Å². The van der Waals surface area contributed by atoms with Crippen molar-refractivity contribution in [2.45, 2.75) is 39.3 Å². The van der Waals surface area contributed by atoms with E-state index in [0.29, 0.717) is 39.0 Å². The SMILES string of the molecule is CCCNC(=O)c1c2c(cn(CCc3ccccc3)c1=O)CN(C(=O)c1ccon1)CC2. The number of hydrogen-bond acceptors (Lipinski definition) is 5. The van der Waals surface area contributed by atoms with Crippen LogP contribution >= 0.6 is 0 Å². The van der Waals surface area contributed by atoms with E-state index in [1.807, 2.05) is 37.3 Å². The van der Waals surface area contributed by atoms with E-state index in [2.05, 4.69) is 10.5 Å². The smallest absolute Gasteiger partial charge is 0.276 e. The van der Waals surface area contributed by atoms with Gasteiger partial charge in [0.1, 0.15) is 11.8 Å². The first kappa shape index (κ1) is 21.5. The molecule has 32 heavy (non-hydrogen) atoms. The lowest BCUT2D eigenvalue weighted by Crippen LogP contribution is -2.41. The van der Waals surface area contributed by atoms with E-state index in [9.17, 15) is 14.4 Å². The van der Waals surface area contributed by atoms with E-state index in [4.69, 9.17) is 4.52 Å². The third-order valence-electron chi connectivity index (χ3n) is 5.66. The highest BCUT2D eigenvalue weighted by Gasteiger charge is 2.29. The Labute approximate surface area is 185 Å². The van der Waals surface area contributed by atoms with E-state index < -0.39 is 0 Å². The van der Waals surface area contributed by atoms with E-state index in [-0.39, 0.29) is 28.6 Å². The van der Waals surface area contributed by atoms with Crippen molar-refractivity contribution in [1.82, 2.24) is 19.9 Å². The molecule has 1 aliphatic rings. The Morgan fingerprint density at radius 2 is 2.00 bits per heavy atom. The van der Waals surface area contributed by atoms with Crippen LogP contribution in [-0.4, -0.2) is 39.5 Å². The Bertz CT molecular complexity index is 1150. The molecular formula is C24H26N4O4. The second-order valence-corrected chi connectivity index (χ2v) is 7.86. The fourth-order valence-corrected chi connectivity index (χ4v) is 3.99. The highest BCUT2D eigenvalue weighted by Crippen LogP contribution is 2.22. The molecule has 0 radical (unpaired) electrons. The number of hydrogen-bond donors (Lipinski definition) is 1. The van der Waals surface area contributed by atoms with Crippen LogP contribution in [0.5, 0.6) is 0 Å². The number of carbonyl (C=O) groups is 2. The number of carbonyl (C=O) groups excluding carboxylic acids is 2. The number of rotatable bonds is 7. The first-order valence-corrected chi connectivity index (χ1v) is 10.9. The zero-order valence-electron chi connectivity index (χ0n) is 18.0. The Morgan fingerprint density at radius 1 is 1.19 bits per heavy atom. The first-order chi connectivity index (χ1) is 15.6. The average Bonchev–Trinajstić information content (AvgIpc) is 3.36.